The lowest BCUT2D eigenvalue weighted by molar-refractivity contribution is -0.128. The predicted octanol–water partition coefficient (Wildman–Crippen LogP) is 2.92. The number of nitrogens with zero attached hydrogens (tertiary/aromatic N) is 1. The van der Waals surface area contributed by atoms with Crippen LogP contribution >= 0.6 is 0 Å². The fourth-order valence-electron chi connectivity index (χ4n) is 4.86. The third-order valence-corrected chi connectivity index (χ3v) is 5.98. The van der Waals surface area contributed by atoms with Crippen LogP contribution in [0.4, 0.5) is 5.69 Å². The third-order valence-electron chi connectivity index (χ3n) is 5.98. The summed E-state index contributed by atoms with van der Waals surface area (Å²) >= 11 is 0. The molecule has 27 heavy (non-hydrogen) atoms. The standard InChI is InChI=1S/C22H17NO4/c1-12(13(2)24)22-16-11-7-6-10-15(16)19(27-22)17-18(22)21(26)23(20(17)25)14-8-4-3-5-9-14/h3-11,17-19H,1H2,2H3. The number of anilines is 1. The van der Waals surface area contributed by atoms with Gasteiger partial charge in [-0.25, -0.2) is 4.90 Å². The highest BCUT2D eigenvalue weighted by atomic mass is 16.5. The second-order valence-corrected chi connectivity index (χ2v) is 7.25. The average molecular weight is 359 g/mol. The number of Topliss-reactive ketones (excluding diaryl/α,β-unsaturated/α-hetero) is 1. The van der Waals surface area contributed by atoms with Gasteiger partial charge in [-0.3, -0.25) is 14.4 Å². The van der Waals surface area contributed by atoms with Crippen LogP contribution in [0.3, 0.4) is 0 Å². The molecule has 2 bridgehead atoms. The molecule has 5 nitrogen and oxygen atoms in total. The molecule has 2 amide bonds. The van der Waals surface area contributed by atoms with Crippen LogP contribution in [0.15, 0.2) is 66.7 Å². The normalized spacial score (nSPS) is 30.4. The zero-order chi connectivity index (χ0) is 18.9. The summed E-state index contributed by atoms with van der Waals surface area (Å²) in [6.07, 6.45) is -0.549. The number of rotatable bonds is 3. The summed E-state index contributed by atoms with van der Waals surface area (Å²) in [5.74, 6) is -2.29. The SMILES string of the molecule is C=C(C(C)=O)C12OC(c3ccccc31)C1C(=O)N(c3ccccc3)C(=O)C12. The molecule has 3 aliphatic heterocycles. The molecule has 4 unspecified atom stereocenters. The number of benzene rings is 2. The maximum Gasteiger partial charge on any atom is 0.241 e. The molecule has 2 aromatic rings. The Morgan fingerprint density at radius 1 is 1.04 bits per heavy atom. The molecule has 2 saturated heterocycles. The van der Waals surface area contributed by atoms with Gasteiger partial charge in [-0.1, -0.05) is 49.0 Å². The van der Waals surface area contributed by atoms with E-state index in [9.17, 15) is 14.4 Å². The van der Waals surface area contributed by atoms with Gasteiger partial charge in [-0.2, -0.15) is 0 Å². The van der Waals surface area contributed by atoms with Gasteiger partial charge in [0.15, 0.2) is 5.78 Å². The average Bonchev–Trinajstić information content (AvgIpc) is 3.29. The lowest BCUT2D eigenvalue weighted by Crippen LogP contribution is -2.43. The Kier molecular flexibility index (Phi) is 3.13. The van der Waals surface area contributed by atoms with Gasteiger partial charge in [0, 0.05) is 5.57 Å². The quantitative estimate of drug-likeness (QED) is 0.624. The predicted molar refractivity (Wildman–Crippen MR) is 97.7 cm³/mol. The van der Waals surface area contributed by atoms with Crippen molar-refractivity contribution in [2.45, 2.75) is 18.6 Å². The van der Waals surface area contributed by atoms with Gasteiger partial charge in [0.1, 0.15) is 5.60 Å². The van der Waals surface area contributed by atoms with Gasteiger partial charge >= 0.3 is 0 Å². The Morgan fingerprint density at radius 3 is 2.41 bits per heavy atom. The number of para-hydroxylation sites is 1. The highest BCUT2D eigenvalue weighted by molar-refractivity contribution is 6.23. The van der Waals surface area contributed by atoms with Crippen molar-refractivity contribution in [3.05, 3.63) is 77.9 Å². The van der Waals surface area contributed by atoms with Gasteiger partial charge < -0.3 is 4.74 Å². The lowest BCUT2D eigenvalue weighted by Gasteiger charge is -2.33. The summed E-state index contributed by atoms with van der Waals surface area (Å²) in [4.78, 5) is 40.1. The van der Waals surface area contributed by atoms with E-state index < -0.39 is 23.5 Å². The topological polar surface area (TPSA) is 63.7 Å². The number of carbonyl (C=O) groups is 3. The van der Waals surface area contributed by atoms with Crippen LogP contribution in [0.2, 0.25) is 0 Å². The minimum absolute atomic E-state index is 0.223. The fourth-order valence-corrected chi connectivity index (χ4v) is 4.86. The van der Waals surface area contributed by atoms with Crippen molar-refractivity contribution >= 4 is 23.3 Å². The minimum Gasteiger partial charge on any atom is -0.356 e. The molecule has 0 N–H and O–H groups in total. The molecule has 2 aromatic carbocycles. The number of imide groups is 1. The van der Waals surface area contributed by atoms with Crippen LogP contribution < -0.4 is 4.90 Å². The molecular weight excluding hydrogens is 342 g/mol. The zero-order valence-corrected chi connectivity index (χ0v) is 14.7. The Bertz CT molecular complexity index is 1030. The molecule has 0 spiro atoms. The molecule has 3 aliphatic rings. The first kappa shape index (κ1) is 16.1. The molecule has 3 heterocycles. The second-order valence-electron chi connectivity index (χ2n) is 7.25. The van der Waals surface area contributed by atoms with Gasteiger partial charge in [0.25, 0.3) is 0 Å². The molecule has 0 aromatic heterocycles. The van der Waals surface area contributed by atoms with E-state index in [2.05, 4.69) is 6.58 Å². The molecule has 5 heteroatoms. The Hall–Kier alpha value is -3.05. The van der Waals surface area contributed by atoms with Gasteiger partial charge in [0.2, 0.25) is 11.8 Å². The third kappa shape index (κ3) is 1.79. The maximum atomic E-state index is 13.4. The summed E-state index contributed by atoms with van der Waals surface area (Å²) in [6, 6.07) is 16.4. The first-order valence-corrected chi connectivity index (χ1v) is 8.89. The van der Waals surface area contributed by atoms with Gasteiger partial charge in [-0.05, 0) is 30.2 Å². The number of carbonyl (C=O) groups excluding carboxylic acids is 3. The molecular formula is C22H17NO4. The number of ether oxygens (including phenoxy) is 1. The lowest BCUT2D eigenvalue weighted by atomic mass is 9.66. The van der Waals surface area contributed by atoms with E-state index in [4.69, 9.17) is 4.74 Å². The van der Waals surface area contributed by atoms with Crippen LogP contribution in [0.5, 0.6) is 0 Å². The molecule has 2 fully saturated rings. The molecule has 0 aliphatic carbocycles. The van der Waals surface area contributed by atoms with E-state index in [1.54, 1.807) is 24.3 Å². The number of amides is 2. The summed E-state index contributed by atoms with van der Waals surface area (Å²) in [5, 5.41) is 0. The van der Waals surface area contributed by atoms with Crippen molar-refractivity contribution < 1.29 is 19.1 Å². The van der Waals surface area contributed by atoms with E-state index in [0.29, 0.717) is 5.69 Å². The molecule has 134 valence electrons. The molecule has 0 radical (unpaired) electrons. The van der Waals surface area contributed by atoms with Crippen LogP contribution in [0.25, 0.3) is 0 Å². The zero-order valence-electron chi connectivity index (χ0n) is 14.7. The summed E-state index contributed by atoms with van der Waals surface area (Å²) in [7, 11) is 0. The van der Waals surface area contributed by atoms with Crippen molar-refractivity contribution in [1.29, 1.82) is 0 Å². The first-order chi connectivity index (χ1) is 13.0. The Labute approximate surface area is 156 Å². The minimum atomic E-state index is -1.27. The first-order valence-electron chi connectivity index (χ1n) is 8.89. The van der Waals surface area contributed by atoms with E-state index in [1.807, 2.05) is 30.3 Å². The highest BCUT2D eigenvalue weighted by Crippen LogP contribution is 2.66. The van der Waals surface area contributed by atoms with Crippen LogP contribution in [-0.4, -0.2) is 17.6 Å². The van der Waals surface area contributed by atoms with Gasteiger partial charge in [0.05, 0.1) is 23.6 Å². The number of fused-ring (bicyclic) bond motifs is 8. The van der Waals surface area contributed by atoms with Crippen LogP contribution in [0.1, 0.15) is 24.2 Å². The Morgan fingerprint density at radius 2 is 1.70 bits per heavy atom. The summed E-state index contributed by atoms with van der Waals surface area (Å²) in [6.45, 7) is 5.38. The second kappa shape index (κ2) is 5.24. The van der Waals surface area contributed by atoms with Crippen LogP contribution in [-0.2, 0) is 24.7 Å². The van der Waals surface area contributed by atoms with E-state index in [0.717, 1.165) is 11.1 Å². The number of hydrogen-bond acceptors (Lipinski definition) is 4. The Balaban J connectivity index is 1.72. The van der Waals surface area contributed by atoms with Crippen molar-refractivity contribution in [3.63, 3.8) is 0 Å². The molecule has 4 atom stereocenters. The number of ketones is 1. The monoisotopic (exact) mass is 359 g/mol. The largest absolute Gasteiger partial charge is 0.356 e. The smallest absolute Gasteiger partial charge is 0.241 e. The maximum absolute atomic E-state index is 13.4. The van der Waals surface area contributed by atoms with Crippen molar-refractivity contribution in [1.82, 2.24) is 0 Å². The van der Waals surface area contributed by atoms with Gasteiger partial charge in [-0.15, -0.1) is 0 Å². The van der Waals surface area contributed by atoms with E-state index >= 15 is 0 Å². The number of hydrogen-bond donors (Lipinski definition) is 0. The van der Waals surface area contributed by atoms with Crippen molar-refractivity contribution in [2.75, 3.05) is 4.90 Å². The van der Waals surface area contributed by atoms with Crippen LogP contribution in [0, 0.1) is 11.8 Å². The summed E-state index contributed by atoms with van der Waals surface area (Å²) < 4.78 is 6.26. The molecule has 0 saturated carbocycles. The van der Waals surface area contributed by atoms with Crippen molar-refractivity contribution in [3.8, 4) is 0 Å². The highest BCUT2D eigenvalue weighted by Gasteiger charge is 2.72. The van der Waals surface area contributed by atoms with E-state index in [-0.39, 0.29) is 23.2 Å². The van der Waals surface area contributed by atoms with E-state index in [1.165, 1.54) is 11.8 Å². The molecule has 5 rings (SSSR count). The summed E-state index contributed by atoms with van der Waals surface area (Å²) in [5.41, 5.74) is 1.12. The fraction of sp³-hybridized carbons (Fsp3) is 0.227. The van der Waals surface area contributed by atoms with Crippen molar-refractivity contribution in [2.24, 2.45) is 11.8 Å².